The third-order valence-corrected chi connectivity index (χ3v) is 6.36. The molecule has 0 radical (unpaired) electrons. The van der Waals surface area contributed by atoms with Crippen LogP contribution in [0.5, 0.6) is 5.75 Å². The van der Waals surface area contributed by atoms with Crippen LogP contribution in [0, 0.1) is 5.92 Å². The Balaban J connectivity index is 1.64. The van der Waals surface area contributed by atoms with Gasteiger partial charge in [-0.05, 0) is 51.0 Å². The Hall–Kier alpha value is -2.24. The summed E-state index contributed by atoms with van der Waals surface area (Å²) >= 11 is 12.2. The molecule has 2 amide bonds. The van der Waals surface area contributed by atoms with Gasteiger partial charge in [0.25, 0.3) is 5.91 Å². The van der Waals surface area contributed by atoms with Crippen molar-refractivity contribution in [1.82, 2.24) is 9.80 Å². The zero-order valence-corrected chi connectivity index (χ0v) is 19.6. The van der Waals surface area contributed by atoms with Crippen molar-refractivity contribution in [1.29, 1.82) is 0 Å². The third-order valence-electron chi connectivity index (χ3n) is 5.77. The molecule has 5 nitrogen and oxygen atoms in total. The first-order chi connectivity index (χ1) is 14.8. The summed E-state index contributed by atoms with van der Waals surface area (Å²) in [6.45, 7) is 5.35. The lowest BCUT2D eigenvalue weighted by Gasteiger charge is -2.34. The average molecular weight is 463 g/mol. The van der Waals surface area contributed by atoms with Crippen LogP contribution in [0.3, 0.4) is 0 Å². The third kappa shape index (κ3) is 5.72. The molecule has 2 aromatic rings. The number of benzene rings is 2. The summed E-state index contributed by atoms with van der Waals surface area (Å²) in [5.74, 6) is 0.554. The van der Waals surface area contributed by atoms with E-state index in [0.717, 1.165) is 5.56 Å². The van der Waals surface area contributed by atoms with Gasteiger partial charge in [-0.15, -0.1) is 0 Å². The van der Waals surface area contributed by atoms with Gasteiger partial charge < -0.3 is 14.5 Å². The zero-order chi connectivity index (χ0) is 22.5. The molecule has 1 heterocycles. The van der Waals surface area contributed by atoms with Crippen LogP contribution in [0.4, 0.5) is 0 Å². The fourth-order valence-corrected chi connectivity index (χ4v) is 4.07. The number of ether oxygens (including phenoxy) is 1. The van der Waals surface area contributed by atoms with Crippen molar-refractivity contribution in [3.8, 4) is 5.75 Å². The van der Waals surface area contributed by atoms with Crippen LogP contribution < -0.4 is 4.74 Å². The molecule has 1 aliphatic heterocycles. The predicted molar refractivity (Wildman–Crippen MR) is 124 cm³/mol. The van der Waals surface area contributed by atoms with E-state index in [1.807, 2.05) is 39.1 Å². The van der Waals surface area contributed by atoms with Gasteiger partial charge in [-0.2, -0.15) is 0 Å². The quantitative estimate of drug-likeness (QED) is 0.585. The number of amides is 2. The molecule has 0 N–H and O–H groups in total. The minimum absolute atomic E-state index is 0.0324. The summed E-state index contributed by atoms with van der Waals surface area (Å²) in [6.07, 6.45) is 1.34. The van der Waals surface area contributed by atoms with Crippen molar-refractivity contribution in [2.75, 3.05) is 20.1 Å². The maximum Gasteiger partial charge on any atom is 0.257 e. The van der Waals surface area contributed by atoms with E-state index >= 15 is 0 Å². The molecule has 1 aliphatic rings. The number of para-hydroxylation sites is 1. The van der Waals surface area contributed by atoms with E-state index in [2.05, 4.69) is 0 Å². The first-order valence-electron chi connectivity index (χ1n) is 10.5. The molecule has 166 valence electrons. The van der Waals surface area contributed by atoms with Gasteiger partial charge in [-0.1, -0.05) is 41.4 Å². The number of piperidine rings is 1. The monoisotopic (exact) mass is 462 g/mol. The first-order valence-corrected chi connectivity index (χ1v) is 11.2. The molecule has 7 heteroatoms. The molecule has 3 rings (SSSR count). The smallest absolute Gasteiger partial charge is 0.257 e. The van der Waals surface area contributed by atoms with E-state index in [0.29, 0.717) is 47.3 Å². The van der Waals surface area contributed by atoms with Crippen LogP contribution in [0.2, 0.25) is 10.0 Å². The van der Waals surface area contributed by atoms with Crippen molar-refractivity contribution in [2.24, 2.45) is 5.92 Å². The molecule has 1 fully saturated rings. The number of carbonyl (C=O) groups excluding carboxylic acids is 2. The highest BCUT2D eigenvalue weighted by atomic mass is 35.5. The lowest BCUT2D eigenvalue weighted by atomic mass is 9.94. The topological polar surface area (TPSA) is 49.9 Å². The van der Waals surface area contributed by atoms with Gasteiger partial charge in [0.15, 0.2) is 0 Å². The van der Waals surface area contributed by atoms with Crippen molar-refractivity contribution >= 4 is 35.0 Å². The van der Waals surface area contributed by atoms with E-state index in [1.54, 1.807) is 34.1 Å². The van der Waals surface area contributed by atoms with Gasteiger partial charge >= 0.3 is 0 Å². The predicted octanol–water partition coefficient (Wildman–Crippen LogP) is 5.29. The number of nitrogens with zero attached hydrogens (tertiary/aromatic N) is 2. The molecule has 0 atom stereocenters. The summed E-state index contributed by atoms with van der Waals surface area (Å²) < 4.78 is 5.94. The Labute approximate surface area is 193 Å². The highest BCUT2D eigenvalue weighted by molar-refractivity contribution is 6.35. The molecular weight excluding hydrogens is 435 g/mol. The second-order valence-electron chi connectivity index (χ2n) is 8.13. The summed E-state index contributed by atoms with van der Waals surface area (Å²) in [6, 6.07) is 12.6. The van der Waals surface area contributed by atoms with Crippen molar-refractivity contribution in [2.45, 2.75) is 39.3 Å². The summed E-state index contributed by atoms with van der Waals surface area (Å²) in [4.78, 5) is 29.3. The van der Waals surface area contributed by atoms with Crippen molar-refractivity contribution in [3.63, 3.8) is 0 Å². The Morgan fingerprint density at radius 2 is 1.81 bits per heavy atom. The van der Waals surface area contributed by atoms with E-state index in [1.165, 1.54) is 0 Å². The highest BCUT2D eigenvalue weighted by Crippen LogP contribution is 2.27. The Morgan fingerprint density at radius 3 is 2.45 bits per heavy atom. The van der Waals surface area contributed by atoms with E-state index in [4.69, 9.17) is 27.9 Å². The number of hydrogen-bond acceptors (Lipinski definition) is 3. The van der Waals surface area contributed by atoms with Gasteiger partial charge in [0.1, 0.15) is 12.4 Å². The molecule has 31 heavy (non-hydrogen) atoms. The van der Waals surface area contributed by atoms with Gasteiger partial charge in [-0.3, -0.25) is 9.59 Å². The number of hydrogen-bond donors (Lipinski definition) is 0. The second kappa shape index (κ2) is 10.4. The maximum atomic E-state index is 13.2. The van der Waals surface area contributed by atoms with Gasteiger partial charge in [0, 0.05) is 47.7 Å². The number of halogens is 2. The lowest BCUT2D eigenvalue weighted by Crippen LogP contribution is -2.45. The maximum absolute atomic E-state index is 13.2. The number of likely N-dealkylation sites (tertiary alicyclic amines) is 1. The van der Waals surface area contributed by atoms with E-state index in [-0.39, 0.29) is 30.4 Å². The Morgan fingerprint density at radius 1 is 1.13 bits per heavy atom. The molecule has 0 bridgehead atoms. The molecule has 0 saturated carbocycles. The average Bonchev–Trinajstić information content (AvgIpc) is 2.77. The van der Waals surface area contributed by atoms with E-state index < -0.39 is 0 Å². The summed E-state index contributed by atoms with van der Waals surface area (Å²) in [7, 11) is 1.84. The minimum atomic E-state index is -0.0825. The van der Waals surface area contributed by atoms with E-state index in [9.17, 15) is 9.59 Å². The van der Waals surface area contributed by atoms with Crippen LogP contribution in [-0.4, -0.2) is 47.8 Å². The molecule has 0 unspecified atom stereocenters. The van der Waals surface area contributed by atoms with Crippen LogP contribution in [0.15, 0.2) is 42.5 Å². The van der Waals surface area contributed by atoms with Crippen LogP contribution in [-0.2, 0) is 11.4 Å². The highest BCUT2D eigenvalue weighted by Gasteiger charge is 2.31. The van der Waals surface area contributed by atoms with Crippen LogP contribution in [0.25, 0.3) is 0 Å². The minimum Gasteiger partial charge on any atom is -0.488 e. The molecular formula is C24H28Cl2N2O3. The number of carbonyl (C=O) groups is 2. The first kappa shape index (κ1) is 23.4. The molecule has 0 spiro atoms. The van der Waals surface area contributed by atoms with Gasteiger partial charge in [-0.25, -0.2) is 0 Å². The SMILES string of the molecule is CC(C)N(C)C(=O)C1CCN(C(=O)c2ccccc2OCc2ccc(Cl)cc2Cl)CC1. The summed E-state index contributed by atoms with van der Waals surface area (Å²) in [5, 5.41) is 1.08. The van der Waals surface area contributed by atoms with Crippen molar-refractivity contribution < 1.29 is 14.3 Å². The fourth-order valence-electron chi connectivity index (χ4n) is 3.61. The molecule has 2 aromatic carbocycles. The Kier molecular flexibility index (Phi) is 7.84. The molecule has 0 aliphatic carbocycles. The lowest BCUT2D eigenvalue weighted by molar-refractivity contribution is -0.137. The molecule has 0 aromatic heterocycles. The summed E-state index contributed by atoms with van der Waals surface area (Å²) in [5.41, 5.74) is 1.30. The largest absolute Gasteiger partial charge is 0.488 e. The number of rotatable bonds is 6. The second-order valence-corrected chi connectivity index (χ2v) is 8.97. The van der Waals surface area contributed by atoms with Crippen LogP contribution >= 0.6 is 23.2 Å². The molecule has 1 saturated heterocycles. The normalized spacial score (nSPS) is 14.6. The zero-order valence-electron chi connectivity index (χ0n) is 18.1. The van der Waals surface area contributed by atoms with Crippen molar-refractivity contribution in [3.05, 3.63) is 63.6 Å². The Bertz CT molecular complexity index is 940. The standard InChI is InChI=1S/C24H28Cl2N2O3/c1-16(2)27(3)23(29)17-10-12-28(13-11-17)24(30)20-6-4-5-7-22(20)31-15-18-8-9-19(25)14-21(18)26/h4-9,14,16-17H,10-13,15H2,1-3H3. The van der Waals surface area contributed by atoms with Gasteiger partial charge in [0.2, 0.25) is 5.91 Å². The van der Waals surface area contributed by atoms with Gasteiger partial charge in [0.05, 0.1) is 5.56 Å². The van der Waals surface area contributed by atoms with Crippen LogP contribution in [0.1, 0.15) is 42.6 Å². The fraction of sp³-hybridized carbons (Fsp3) is 0.417.